The van der Waals surface area contributed by atoms with Crippen molar-refractivity contribution in [2.75, 3.05) is 18.5 Å². The third-order valence-electron chi connectivity index (χ3n) is 2.73. The molecule has 1 aromatic rings. The van der Waals surface area contributed by atoms with Gasteiger partial charge in [-0.2, -0.15) is 0 Å². The molecule has 0 bridgehead atoms. The minimum atomic E-state index is -0.185. The highest BCUT2D eigenvalue weighted by atomic mass is 16.6. The highest BCUT2D eigenvalue weighted by Gasteiger charge is 2.24. The number of carbonyl (C=O) groups excluding carboxylic acids is 1. The number of rotatable bonds is 2. The van der Waals surface area contributed by atoms with Gasteiger partial charge in [0.2, 0.25) is 0 Å². The van der Waals surface area contributed by atoms with E-state index < -0.39 is 0 Å². The zero-order valence-electron chi connectivity index (χ0n) is 9.36. The molecule has 1 fully saturated rings. The van der Waals surface area contributed by atoms with Crippen LogP contribution in [-0.4, -0.2) is 25.3 Å². The highest BCUT2D eigenvalue weighted by Crippen LogP contribution is 2.37. The van der Waals surface area contributed by atoms with Gasteiger partial charge in [-0.3, -0.25) is 0 Å². The molecular weight excluding hydrogens is 220 g/mol. The van der Waals surface area contributed by atoms with Crippen LogP contribution < -0.4 is 20.1 Å². The van der Waals surface area contributed by atoms with Crippen LogP contribution in [-0.2, 0) is 0 Å². The normalized spacial score (nSPS) is 17.4. The van der Waals surface area contributed by atoms with Gasteiger partial charge >= 0.3 is 6.03 Å². The van der Waals surface area contributed by atoms with E-state index in [1.165, 1.54) is 0 Å². The Labute approximate surface area is 99.1 Å². The zero-order chi connectivity index (χ0) is 11.7. The summed E-state index contributed by atoms with van der Waals surface area (Å²) < 4.78 is 11.0. The van der Waals surface area contributed by atoms with E-state index in [4.69, 9.17) is 9.47 Å². The number of amides is 2. The first kappa shape index (κ1) is 10.3. The molecule has 1 aliphatic carbocycles. The SMILES string of the molecule is O=C(Nc1cccc2c1OCCO2)NC1CC1. The molecule has 3 rings (SSSR count). The van der Waals surface area contributed by atoms with Gasteiger partial charge in [-0.15, -0.1) is 0 Å². The van der Waals surface area contributed by atoms with Crippen LogP contribution in [0.25, 0.3) is 0 Å². The van der Waals surface area contributed by atoms with E-state index >= 15 is 0 Å². The van der Waals surface area contributed by atoms with Crippen LogP contribution in [0.4, 0.5) is 10.5 Å². The molecule has 0 spiro atoms. The van der Waals surface area contributed by atoms with Crippen molar-refractivity contribution in [3.8, 4) is 11.5 Å². The lowest BCUT2D eigenvalue weighted by molar-refractivity contribution is 0.172. The Morgan fingerprint density at radius 3 is 2.88 bits per heavy atom. The van der Waals surface area contributed by atoms with Crippen LogP contribution in [0.1, 0.15) is 12.8 Å². The first-order chi connectivity index (χ1) is 8.33. The van der Waals surface area contributed by atoms with E-state index in [9.17, 15) is 4.79 Å². The fraction of sp³-hybridized carbons (Fsp3) is 0.417. The van der Waals surface area contributed by atoms with E-state index in [1.807, 2.05) is 12.1 Å². The molecule has 0 radical (unpaired) electrons. The average molecular weight is 234 g/mol. The molecule has 5 heteroatoms. The Balaban J connectivity index is 1.75. The molecule has 2 aliphatic rings. The Morgan fingerprint density at radius 1 is 1.24 bits per heavy atom. The van der Waals surface area contributed by atoms with Gasteiger partial charge in [0.1, 0.15) is 13.2 Å². The Morgan fingerprint density at radius 2 is 2.06 bits per heavy atom. The Kier molecular flexibility index (Phi) is 2.51. The molecule has 0 unspecified atom stereocenters. The standard InChI is InChI=1S/C12H14N2O3/c15-12(13-8-4-5-8)14-9-2-1-3-10-11(9)17-7-6-16-10/h1-3,8H,4-7H2,(H2,13,14,15). The van der Waals surface area contributed by atoms with Gasteiger partial charge in [-0.25, -0.2) is 4.79 Å². The summed E-state index contributed by atoms with van der Waals surface area (Å²) in [5.41, 5.74) is 0.653. The number of urea groups is 1. The van der Waals surface area contributed by atoms with Crippen molar-refractivity contribution >= 4 is 11.7 Å². The van der Waals surface area contributed by atoms with Crippen LogP contribution in [0, 0.1) is 0 Å². The molecule has 0 aromatic heterocycles. The fourth-order valence-corrected chi connectivity index (χ4v) is 1.74. The predicted octanol–water partition coefficient (Wildman–Crippen LogP) is 1.74. The molecule has 90 valence electrons. The monoisotopic (exact) mass is 234 g/mol. The number of ether oxygens (including phenoxy) is 2. The fourth-order valence-electron chi connectivity index (χ4n) is 1.74. The molecule has 0 saturated heterocycles. The van der Waals surface area contributed by atoms with Gasteiger partial charge < -0.3 is 20.1 Å². The smallest absolute Gasteiger partial charge is 0.319 e. The summed E-state index contributed by atoms with van der Waals surface area (Å²) in [6.07, 6.45) is 2.14. The second-order valence-corrected chi connectivity index (χ2v) is 4.20. The topological polar surface area (TPSA) is 59.6 Å². The van der Waals surface area contributed by atoms with Crippen LogP contribution in [0.2, 0.25) is 0 Å². The maximum atomic E-state index is 11.6. The highest BCUT2D eigenvalue weighted by molar-refractivity contribution is 5.92. The maximum absolute atomic E-state index is 11.6. The van der Waals surface area contributed by atoms with Gasteiger partial charge in [-0.05, 0) is 25.0 Å². The van der Waals surface area contributed by atoms with Crippen molar-refractivity contribution in [2.45, 2.75) is 18.9 Å². The lowest BCUT2D eigenvalue weighted by atomic mass is 10.2. The molecule has 1 aliphatic heterocycles. The van der Waals surface area contributed by atoms with Crippen molar-refractivity contribution < 1.29 is 14.3 Å². The number of anilines is 1. The quantitative estimate of drug-likeness (QED) is 0.819. The number of hydrogen-bond acceptors (Lipinski definition) is 3. The van der Waals surface area contributed by atoms with E-state index in [2.05, 4.69) is 10.6 Å². The summed E-state index contributed by atoms with van der Waals surface area (Å²) in [7, 11) is 0. The van der Waals surface area contributed by atoms with Crippen LogP contribution >= 0.6 is 0 Å². The van der Waals surface area contributed by atoms with Crippen molar-refractivity contribution in [1.29, 1.82) is 0 Å². The minimum Gasteiger partial charge on any atom is -0.486 e. The van der Waals surface area contributed by atoms with Crippen LogP contribution in [0.3, 0.4) is 0 Å². The van der Waals surface area contributed by atoms with Crippen molar-refractivity contribution in [2.24, 2.45) is 0 Å². The van der Waals surface area contributed by atoms with Crippen LogP contribution in [0.15, 0.2) is 18.2 Å². The van der Waals surface area contributed by atoms with Gasteiger partial charge in [0.05, 0.1) is 5.69 Å². The summed E-state index contributed by atoms with van der Waals surface area (Å²) in [6.45, 7) is 1.06. The Hall–Kier alpha value is -1.91. The predicted molar refractivity (Wildman–Crippen MR) is 62.6 cm³/mol. The molecule has 0 atom stereocenters. The Bertz CT molecular complexity index is 443. The summed E-state index contributed by atoms with van der Waals surface area (Å²) in [6, 6.07) is 5.63. The van der Waals surface area contributed by atoms with Gasteiger partial charge in [-0.1, -0.05) is 6.07 Å². The molecular formula is C12H14N2O3. The summed E-state index contributed by atoms with van der Waals surface area (Å²) in [5, 5.41) is 5.65. The third kappa shape index (κ3) is 2.27. The molecule has 2 amide bonds. The number of carbonyl (C=O) groups is 1. The minimum absolute atomic E-state index is 0.185. The largest absolute Gasteiger partial charge is 0.486 e. The second kappa shape index (κ2) is 4.16. The van der Waals surface area contributed by atoms with Crippen molar-refractivity contribution in [3.63, 3.8) is 0 Å². The molecule has 1 aromatic carbocycles. The van der Waals surface area contributed by atoms with Gasteiger partial charge in [0.15, 0.2) is 11.5 Å². The number of nitrogens with one attached hydrogen (secondary N) is 2. The molecule has 17 heavy (non-hydrogen) atoms. The maximum Gasteiger partial charge on any atom is 0.319 e. The van der Waals surface area contributed by atoms with E-state index in [-0.39, 0.29) is 6.03 Å². The summed E-state index contributed by atoms with van der Waals surface area (Å²) in [4.78, 5) is 11.6. The van der Waals surface area contributed by atoms with Crippen molar-refractivity contribution in [3.05, 3.63) is 18.2 Å². The van der Waals surface area contributed by atoms with E-state index in [0.29, 0.717) is 36.4 Å². The van der Waals surface area contributed by atoms with Crippen LogP contribution in [0.5, 0.6) is 11.5 Å². The van der Waals surface area contributed by atoms with Gasteiger partial charge in [0, 0.05) is 6.04 Å². The molecule has 5 nitrogen and oxygen atoms in total. The first-order valence-electron chi connectivity index (χ1n) is 5.79. The van der Waals surface area contributed by atoms with E-state index in [1.54, 1.807) is 6.07 Å². The average Bonchev–Trinajstić information content (AvgIpc) is 3.13. The third-order valence-corrected chi connectivity index (χ3v) is 2.73. The van der Waals surface area contributed by atoms with Crippen molar-refractivity contribution in [1.82, 2.24) is 5.32 Å². The number of para-hydroxylation sites is 1. The molecule has 2 N–H and O–H groups in total. The summed E-state index contributed by atoms with van der Waals surface area (Å²) in [5.74, 6) is 1.30. The number of hydrogen-bond donors (Lipinski definition) is 2. The number of fused-ring (bicyclic) bond motifs is 1. The van der Waals surface area contributed by atoms with Gasteiger partial charge in [0.25, 0.3) is 0 Å². The zero-order valence-corrected chi connectivity index (χ0v) is 9.36. The molecule has 1 heterocycles. The molecule has 1 saturated carbocycles. The summed E-state index contributed by atoms with van der Waals surface area (Å²) >= 11 is 0. The lowest BCUT2D eigenvalue weighted by Crippen LogP contribution is -2.30. The lowest BCUT2D eigenvalue weighted by Gasteiger charge is -2.21. The van der Waals surface area contributed by atoms with E-state index in [0.717, 1.165) is 12.8 Å². The number of benzene rings is 1. The second-order valence-electron chi connectivity index (χ2n) is 4.20. The first-order valence-corrected chi connectivity index (χ1v) is 5.79.